The van der Waals surface area contributed by atoms with Crippen LogP contribution < -0.4 is 0 Å². The number of hydrogen-bond acceptors (Lipinski definition) is 0. The molecule has 0 aromatic carbocycles. The summed E-state index contributed by atoms with van der Waals surface area (Å²) in [7, 11) is 0. The molecule has 100 valence electrons. The van der Waals surface area contributed by atoms with E-state index in [9.17, 15) is 0 Å². The molecule has 0 nitrogen and oxygen atoms in total. The lowest BCUT2D eigenvalue weighted by molar-refractivity contribution is 0.181. The topological polar surface area (TPSA) is 0 Å². The predicted molar refractivity (Wildman–Crippen MR) is 72.1 cm³/mol. The quantitative estimate of drug-likeness (QED) is 0.587. The summed E-state index contributed by atoms with van der Waals surface area (Å²) in [5, 5.41) is 0. The third-order valence-electron chi connectivity index (χ3n) is 11.9. The highest BCUT2D eigenvalue weighted by molar-refractivity contribution is 5.52. The van der Waals surface area contributed by atoms with Gasteiger partial charge in [0.15, 0.2) is 0 Å². The highest BCUT2D eigenvalue weighted by Gasteiger charge is 2.90. The summed E-state index contributed by atoms with van der Waals surface area (Å²) >= 11 is 0. The Kier molecular flexibility index (Phi) is 0.797. The largest absolute Gasteiger partial charge is 0.0664 e. The molecule has 9 saturated carbocycles. The van der Waals surface area contributed by atoms with E-state index in [1.165, 1.54) is 88.8 Å². The van der Waals surface area contributed by atoms with E-state index in [4.69, 9.17) is 0 Å². The summed E-state index contributed by atoms with van der Waals surface area (Å²) < 4.78 is 0. The molecule has 0 heteroatoms. The number of hydrogen-bond donors (Lipinski definition) is 0. The molecule has 10 rings (SSSR count). The molecule has 0 aromatic heterocycles. The third kappa shape index (κ3) is 0.428. The first-order chi connectivity index (χ1) is 9.97. The number of fused-ring (bicyclic) bond motifs is 3. The first kappa shape index (κ1) is 8.39. The molecule has 10 aliphatic rings. The fourth-order valence-electron chi connectivity index (χ4n) is 13.3. The van der Waals surface area contributed by atoms with Crippen molar-refractivity contribution in [3.8, 4) is 0 Å². The summed E-state index contributed by atoms with van der Waals surface area (Å²) in [6.07, 6.45) is 3.34. The maximum Gasteiger partial charge on any atom is -0.0126 e. The van der Waals surface area contributed by atoms with Crippen LogP contribution in [0.2, 0.25) is 0 Å². The van der Waals surface area contributed by atoms with Crippen molar-refractivity contribution in [2.75, 3.05) is 0 Å². The average molecular weight is 260 g/mol. The maximum absolute atomic E-state index is 2.19. The van der Waals surface area contributed by atoms with E-state index in [2.05, 4.69) is 11.1 Å². The molecule has 0 aromatic rings. The molecule has 0 radical (unpaired) electrons. The van der Waals surface area contributed by atoms with Gasteiger partial charge in [-0.2, -0.15) is 0 Å². The van der Waals surface area contributed by atoms with Gasteiger partial charge in [0.05, 0.1) is 0 Å². The predicted octanol–water partition coefficient (Wildman–Crippen LogP) is 3.06. The Morgan fingerprint density at radius 2 is 1.35 bits per heavy atom. The van der Waals surface area contributed by atoms with Crippen molar-refractivity contribution in [3.05, 3.63) is 11.1 Å². The van der Waals surface area contributed by atoms with Gasteiger partial charge in [0.2, 0.25) is 0 Å². The molecule has 0 unspecified atom stereocenters. The summed E-state index contributed by atoms with van der Waals surface area (Å²) in [5.41, 5.74) is 4.35. The Morgan fingerprint density at radius 1 is 0.550 bits per heavy atom. The minimum Gasteiger partial charge on any atom is -0.0664 e. The molecule has 0 aliphatic heterocycles. The first-order valence-corrected chi connectivity index (χ1v) is 9.69. The molecular weight excluding hydrogens is 240 g/mol. The van der Waals surface area contributed by atoms with Crippen molar-refractivity contribution in [1.82, 2.24) is 0 Å². The minimum absolute atomic E-state index is 1.16. The second-order valence-electron chi connectivity index (χ2n) is 10.8. The van der Waals surface area contributed by atoms with E-state index in [0.29, 0.717) is 0 Å². The average Bonchev–Trinajstić information content (AvgIpc) is 3.11. The van der Waals surface area contributed by atoms with E-state index in [1.807, 2.05) is 0 Å². The number of rotatable bonds is 0. The fraction of sp³-hybridized carbons (Fsp3) is 0.900. The second-order valence-corrected chi connectivity index (χ2v) is 10.8. The lowest BCUT2D eigenvalue weighted by Crippen LogP contribution is -2.26. The van der Waals surface area contributed by atoms with Gasteiger partial charge in [-0.3, -0.25) is 0 Å². The maximum atomic E-state index is 2.19. The van der Waals surface area contributed by atoms with E-state index in [-0.39, 0.29) is 0 Å². The summed E-state index contributed by atoms with van der Waals surface area (Å²) in [6, 6.07) is 0. The molecule has 0 heterocycles. The Balaban J connectivity index is 1.55. The van der Waals surface area contributed by atoms with Gasteiger partial charge in [0.1, 0.15) is 0 Å². The Labute approximate surface area is 119 Å². The fourth-order valence-corrected chi connectivity index (χ4v) is 13.3. The van der Waals surface area contributed by atoms with Crippen molar-refractivity contribution in [2.24, 2.45) is 94.7 Å². The lowest BCUT2D eigenvalue weighted by Gasteiger charge is -2.31. The highest BCUT2D eigenvalue weighted by atomic mass is 14.9. The van der Waals surface area contributed by atoms with Gasteiger partial charge in [-0.05, 0) is 108 Å². The van der Waals surface area contributed by atoms with E-state index in [1.54, 1.807) is 12.8 Å². The van der Waals surface area contributed by atoms with Crippen LogP contribution in [0, 0.1) is 94.7 Å². The summed E-state index contributed by atoms with van der Waals surface area (Å²) in [5.74, 6) is 20.0. The van der Waals surface area contributed by atoms with Crippen LogP contribution in [0.1, 0.15) is 12.8 Å². The van der Waals surface area contributed by atoms with Gasteiger partial charge in [-0.25, -0.2) is 0 Å². The standard InChI is InChI=1S/C20H20/c1-3-7-5-2-6-8-4(1)10-9(3)15-13(7)17-11(5)12(6)18-14(8)16(10)19(15)20(17)18/h3-5,7,9-20H,1-2H2/t3-,4+,5-,7-,9-,10+,11-,12-,13-,14+,15-,16+,17-,18-,19+,20-/m1/s1. The van der Waals surface area contributed by atoms with Crippen molar-refractivity contribution < 1.29 is 0 Å². The molecule has 0 spiro atoms. The molecule has 0 saturated heterocycles. The Hall–Kier alpha value is -0.260. The van der Waals surface area contributed by atoms with Gasteiger partial charge >= 0.3 is 0 Å². The molecule has 9 fully saturated rings. The molecule has 16 atom stereocenters. The van der Waals surface area contributed by atoms with Gasteiger partial charge in [0, 0.05) is 0 Å². The molecule has 10 aliphatic carbocycles. The van der Waals surface area contributed by atoms with E-state index in [0.717, 1.165) is 5.92 Å². The lowest BCUT2D eigenvalue weighted by atomic mass is 9.74. The van der Waals surface area contributed by atoms with Crippen molar-refractivity contribution >= 4 is 0 Å². The SMILES string of the molecule is C1C2=C3[C@@H]4[C@H]5[C@H]2[C@H]2[C@H]1[C@H]1[C@H]6C[C@@H]3[C@H]3[C@@H]6[C@@H]6[C@@H]1[C@@H]2[C@H]5[C@@H]6[C@H]43. The monoisotopic (exact) mass is 260 g/mol. The van der Waals surface area contributed by atoms with Gasteiger partial charge < -0.3 is 0 Å². The normalized spacial score (nSPS) is 92.4. The van der Waals surface area contributed by atoms with E-state index < -0.39 is 0 Å². The van der Waals surface area contributed by atoms with Crippen LogP contribution in [0.15, 0.2) is 11.1 Å². The van der Waals surface area contributed by atoms with Crippen LogP contribution in [0.5, 0.6) is 0 Å². The molecule has 20 heavy (non-hydrogen) atoms. The van der Waals surface area contributed by atoms with Gasteiger partial charge in [0.25, 0.3) is 0 Å². The van der Waals surface area contributed by atoms with Crippen LogP contribution in [0.3, 0.4) is 0 Å². The summed E-state index contributed by atoms with van der Waals surface area (Å²) in [6.45, 7) is 0. The molecule has 0 bridgehead atoms. The Bertz CT molecular complexity index is 707. The van der Waals surface area contributed by atoms with Crippen LogP contribution in [-0.4, -0.2) is 0 Å². The Morgan fingerprint density at radius 3 is 2.35 bits per heavy atom. The summed E-state index contributed by atoms with van der Waals surface area (Å²) in [4.78, 5) is 0. The first-order valence-electron chi connectivity index (χ1n) is 9.69. The number of allylic oxidation sites excluding steroid dienone is 2. The smallest absolute Gasteiger partial charge is 0.0126 e. The van der Waals surface area contributed by atoms with Crippen LogP contribution >= 0.6 is 0 Å². The van der Waals surface area contributed by atoms with Crippen LogP contribution in [0.25, 0.3) is 0 Å². The van der Waals surface area contributed by atoms with Crippen LogP contribution in [-0.2, 0) is 0 Å². The van der Waals surface area contributed by atoms with Crippen molar-refractivity contribution in [2.45, 2.75) is 12.8 Å². The van der Waals surface area contributed by atoms with Gasteiger partial charge in [-0.15, -0.1) is 0 Å². The van der Waals surface area contributed by atoms with E-state index >= 15 is 0 Å². The van der Waals surface area contributed by atoms with Crippen LogP contribution in [0.4, 0.5) is 0 Å². The minimum atomic E-state index is 1.16. The highest BCUT2D eigenvalue weighted by Crippen LogP contribution is 2.95. The van der Waals surface area contributed by atoms with Crippen molar-refractivity contribution in [1.29, 1.82) is 0 Å². The second kappa shape index (κ2) is 1.90. The molecule has 0 amide bonds. The third-order valence-corrected chi connectivity index (χ3v) is 11.9. The van der Waals surface area contributed by atoms with Crippen molar-refractivity contribution in [3.63, 3.8) is 0 Å². The zero-order chi connectivity index (χ0) is 11.8. The zero-order valence-electron chi connectivity index (χ0n) is 11.7. The van der Waals surface area contributed by atoms with Gasteiger partial charge in [-0.1, -0.05) is 11.1 Å². The zero-order valence-corrected chi connectivity index (χ0v) is 11.7. The molecular formula is C20H20. The molecule has 0 N–H and O–H groups in total.